The molecule has 1 N–H and O–H groups in total. The highest BCUT2D eigenvalue weighted by molar-refractivity contribution is 8.02. The number of fused-ring (bicyclic) bond motifs is 1. The maximum atomic E-state index is 14.2. The first-order valence-electron chi connectivity index (χ1n) is 13.1. The molecule has 0 aliphatic carbocycles. The van der Waals surface area contributed by atoms with Crippen LogP contribution < -0.4 is 0 Å². The van der Waals surface area contributed by atoms with Crippen molar-refractivity contribution >= 4 is 29.5 Å². The number of aliphatic hydroxyl groups excluding tert-OH is 1. The topological polar surface area (TPSA) is 81.2 Å². The number of unbranched alkanes of at least 4 members (excludes halogenated alkanes) is 3. The van der Waals surface area contributed by atoms with Gasteiger partial charge >= 0.3 is 0 Å². The van der Waals surface area contributed by atoms with Gasteiger partial charge in [0.05, 0.1) is 16.6 Å². The molecular formula is C27H43N3O4S. The van der Waals surface area contributed by atoms with Gasteiger partial charge in [-0.15, -0.1) is 24.9 Å². The second kappa shape index (κ2) is 12.0. The number of hydrogen-bond donors (Lipinski definition) is 1. The van der Waals surface area contributed by atoms with Gasteiger partial charge < -0.3 is 19.8 Å². The van der Waals surface area contributed by atoms with Crippen molar-refractivity contribution in [1.82, 2.24) is 14.7 Å². The highest BCUT2D eigenvalue weighted by Crippen LogP contribution is 2.68. The van der Waals surface area contributed by atoms with Crippen LogP contribution in [0, 0.1) is 17.8 Å². The Morgan fingerprint density at radius 3 is 2.51 bits per heavy atom. The molecule has 3 saturated heterocycles. The Morgan fingerprint density at radius 1 is 1.17 bits per heavy atom. The van der Waals surface area contributed by atoms with Gasteiger partial charge in [0.15, 0.2) is 0 Å². The smallest absolute Gasteiger partial charge is 0.247 e. The highest BCUT2D eigenvalue weighted by Gasteiger charge is 2.76. The van der Waals surface area contributed by atoms with Crippen molar-refractivity contribution in [2.45, 2.75) is 68.4 Å². The third-order valence-electron chi connectivity index (χ3n) is 8.04. The van der Waals surface area contributed by atoms with Crippen LogP contribution in [0.3, 0.4) is 0 Å². The van der Waals surface area contributed by atoms with E-state index in [0.717, 1.165) is 32.1 Å². The summed E-state index contributed by atoms with van der Waals surface area (Å²) in [5.41, 5.74) is 0. The molecule has 1 spiro atoms. The number of carbonyl (C=O) groups is 3. The van der Waals surface area contributed by atoms with Crippen LogP contribution in [0.4, 0.5) is 0 Å². The van der Waals surface area contributed by atoms with E-state index in [9.17, 15) is 19.5 Å². The number of hydrogen-bond acceptors (Lipinski definition) is 5. The van der Waals surface area contributed by atoms with Gasteiger partial charge in [0.1, 0.15) is 6.04 Å². The van der Waals surface area contributed by atoms with Gasteiger partial charge in [0.2, 0.25) is 17.7 Å². The van der Waals surface area contributed by atoms with Crippen LogP contribution in [-0.4, -0.2) is 93.4 Å². The largest absolute Gasteiger partial charge is 0.396 e. The second-order valence-corrected chi connectivity index (χ2v) is 11.9. The van der Waals surface area contributed by atoms with E-state index in [2.05, 4.69) is 27.0 Å². The predicted molar refractivity (Wildman–Crippen MR) is 141 cm³/mol. The molecule has 0 saturated carbocycles. The summed E-state index contributed by atoms with van der Waals surface area (Å²) >= 11 is 1.73. The summed E-state index contributed by atoms with van der Waals surface area (Å²) in [5.74, 6) is -0.804. The van der Waals surface area contributed by atoms with Gasteiger partial charge in [-0.25, -0.2) is 0 Å². The average Bonchev–Trinajstić information content (AvgIpc) is 3.42. The van der Waals surface area contributed by atoms with Gasteiger partial charge in [0.25, 0.3) is 0 Å². The third kappa shape index (κ3) is 4.93. The lowest BCUT2D eigenvalue weighted by Crippen LogP contribution is -2.57. The molecule has 2 bridgehead atoms. The van der Waals surface area contributed by atoms with Crippen LogP contribution in [0.15, 0.2) is 25.3 Å². The Balaban J connectivity index is 2.01. The molecule has 3 fully saturated rings. The maximum absolute atomic E-state index is 14.2. The molecule has 0 radical (unpaired) electrons. The van der Waals surface area contributed by atoms with Crippen LogP contribution in [-0.2, 0) is 14.4 Å². The maximum Gasteiger partial charge on any atom is 0.247 e. The first-order chi connectivity index (χ1) is 16.8. The Bertz CT molecular complexity index is 820. The number of carbonyl (C=O) groups excluding carboxylic acids is 3. The second-order valence-electron chi connectivity index (χ2n) is 10.3. The Labute approximate surface area is 215 Å². The summed E-state index contributed by atoms with van der Waals surface area (Å²) in [6.07, 6.45) is 8.36. The lowest BCUT2D eigenvalue weighted by molar-refractivity contribution is -0.144. The van der Waals surface area contributed by atoms with Gasteiger partial charge in [0, 0.05) is 45.1 Å². The van der Waals surface area contributed by atoms with E-state index in [1.807, 2.05) is 4.90 Å². The summed E-state index contributed by atoms with van der Waals surface area (Å²) in [6, 6.07) is -0.571. The van der Waals surface area contributed by atoms with Crippen LogP contribution in [0.2, 0.25) is 0 Å². The predicted octanol–water partition coefficient (Wildman–Crippen LogP) is 2.95. The van der Waals surface area contributed by atoms with Gasteiger partial charge in [-0.1, -0.05) is 32.4 Å². The minimum Gasteiger partial charge on any atom is -0.396 e. The number of amides is 3. The fraction of sp³-hybridized carbons (Fsp3) is 0.741. The van der Waals surface area contributed by atoms with E-state index in [1.165, 1.54) is 0 Å². The Morgan fingerprint density at radius 2 is 1.89 bits per heavy atom. The molecule has 3 amide bonds. The van der Waals surface area contributed by atoms with Crippen LogP contribution in [0.5, 0.6) is 0 Å². The van der Waals surface area contributed by atoms with Crippen LogP contribution in [0.1, 0.15) is 52.4 Å². The third-order valence-corrected chi connectivity index (χ3v) is 10.1. The number of thioether (sulfide) groups is 1. The van der Waals surface area contributed by atoms with Gasteiger partial charge in [-0.05, 0) is 38.0 Å². The molecule has 35 heavy (non-hydrogen) atoms. The minimum atomic E-state index is -0.587. The molecule has 3 aliphatic heterocycles. The molecule has 7 nitrogen and oxygen atoms in total. The Kier molecular flexibility index (Phi) is 9.49. The number of likely N-dealkylation sites (N-methyl/N-ethyl adjacent to an activating group) is 1. The van der Waals surface area contributed by atoms with Crippen molar-refractivity contribution in [3.8, 4) is 0 Å². The first kappa shape index (κ1) is 27.8. The molecule has 3 rings (SSSR count). The molecule has 3 unspecified atom stereocenters. The van der Waals surface area contributed by atoms with Crippen molar-refractivity contribution < 1.29 is 19.5 Å². The van der Waals surface area contributed by atoms with E-state index in [-0.39, 0.29) is 35.5 Å². The van der Waals surface area contributed by atoms with Crippen LogP contribution in [0.25, 0.3) is 0 Å². The first-order valence-corrected chi connectivity index (χ1v) is 14.0. The zero-order valence-corrected chi connectivity index (χ0v) is 22.5. The van der Waals surface area contributed by atoms with Gasteiger partial charge in [-0.3, -0.25) is 14.4 Å². The molecule has 3 aliphatic rings. The fourth-order valence-electron chi connectivity index (χ4n) is 6.40. The molecule has 6 atom stereocenters. The zero-order valence-electron chi connectivity index (χ0n) is 21.7. The quantitative estimate of drug-likeness (QED) is 0.290. The van der Waals surface area contributed by atoms with Gasteiger partial charge in [-0.2, -0.15) is 0 Å². The summed E-state index contributed by atoms with van der Waals surface area (Å²) < 4.78 is -0.587. The summed E-state index contributed by atoms with van der Waals surface area (Å²) in [4.78, 5) is 47.1. The normalized spacial score (nSPS) is 30.9. The van der Waals surface area contributed by atoms with Crippen molar-refractivity contribution in [2.75, 3.05) is 39.8 Å². The lowest BCUT2D eigenvalue weighted by Gasteiger charge is -2.41. The number of rotatable bonds is 14. The van der Waals surface area contributed by atoms with E-state index < -0.39 is 22.6 Å². The molecule has 8 heteroatoms. The number of aliphatic hydroxyl groups is 1. The monoisotopic (exact) mass is 505 g/mol. The molecule has 3 heterocycles. The molecule has 0 aromatic rings. The molecule has 196 valence electrons. The molecule has 0 aromatic carbocycles. The van der Waals surface area contributed by atoms with Crippen molar-refractivity contribution in [1.29, 1.82) is 0 Å². The molecule has 0 aromatic heterocycles. The molecular weight excluding hydrogens is 462 g/mol. The van der Waals surface area contributed by atoms with E-state index >= 15 is 0 Å². The number of nitrogens with zero attached hydrogens (tertiary/aromatic N) is 3. The summed E-state index contributed by atoms with van der Waals surface area (Å²) in [5, 5.41) is 9.25. The van der Waals surface area contributed by atoms with Crippen LogP contribution >= 0.6 is 11.8 Å². The zero-order chi connectivity index (χ0) is 25.8. The van der Waals surface area contributed by atoms with E-state index in [4.69, 9.17) is 0 Å². The summed E-state index contributed by atoms with van der Waals surface area (Å²) in [7, 11) is 1.77. The highest BCUT2D eigenvalue weighted by atomic mass is 32.2. The van der Waals surface area contributed by atoms with Crippen molar-refractivity contribution in [3.63, 3.8) is 0 Å². The van der Waals surface area contributed by atoms with Crippen molar-refractivity contribution in [2.24, 2.45) is 17.8 Å². The number of likely N-dealkylation sites (tertiary alicyclic amines) is 1. The standard InChI is InChI=1S/C27H43N3O4S/c1-6-9-15-29(14-8-3)26(34)23-27-19(4)18-20(35-27)21(24(32)28(5)13-7-2)22(27)25(33)30(23)16-11-10-12-17-31/h7-8,19-23,31H,2-3,6,9-18H2,1,4-5H3/t19?,20-,21+,22-,23?,27?/m0/s1. The van der Waals surface area contributed by atoms with E-state index in [1.54, 1.807) is 40.8 Å². The minimum absolute atomic E-state index is 0.0103. The fourth-order valence-corrected chi connectivity index (χ4v) is 8.81. The lowest BCUT2D eigenvalue weighted by atomic mass is 9.65. The average molecular weight is 506 g/mol. The Hall–Kier alpha value is -1.80. The summed E-state index contributed by atoms with van der Waals surface area (Å²) in [6.45, 7) is 14.0. The SMILES string of the molecule is C=CCN(C)C(=O)[C@@H]1[C@@H]2CC(C)C3(S2)C(C(=O)N(CC=C)CCCC)N(CCCCCO)C(=O)[C@H]13. The van der Waals surface area contributed by atoms with Crippen molar-refractivity contribution in [3.05, 3.63) is 25.3 Å². The van der Waals surface area contributed by atoms with E-state index in [0.29, 0.717) is 32.6 Å².